The molecular weight excluding hydrogens is 349 g/mol. The standard InChI is InChI=1S/C16H14INO/c17-16(18-11-15(19)12-18,13-7-3-1-4-8-13)14-9-5-2-6-10-14/h1-10H,11-12H2. The van der Waals surface area contributed by atoms with Crippen LogP contribution in [0.3, 0.4) is 0 Å². The van der Waals surface area contributed by atoms with Gasteiger partial charge in [0, 0.05) is 0 Å². The van der Waals surface area contributed by atoms with Gasteiger partial charge in [-0.05, 0) is 11.1 Å². The van der Waals surface area contributed by atoms with Crippen LogP contribution in [0.2, 0.25) is 0 Å². The molecule has 2 nitrogen and oxygen atoms in total. The van der Waals surface area contributed by atoms with Crippen molar-refractivity contribution in [2.45, 2.75) is 3.55 Å². The smallest absolute Gasteiger partial charge is 0.160 e. The first-order valence-electron chi connectivity index (χ1n) is 6.28. The molecule has 1 aliphatic rings. The van der Waals surface area contributed by atoms with E-state index in [2.05, 4.69) is 51.8 Å². The van der Waals surface area contributed by atoms with E-state index in [-0.39, 0.29) is 3.55 Å². The van der Waals surface area contributed by atoms with Crippen molar-refractivity contribution < 1.29 is 4.79 Å². The number of rotatable bonds is 3. The molecular formula is C16H14INO. The number of ketones is 1. The number of carbonyl (C=O) groups excluding carboxylic acids is 1. The summed E-state index contributed by atoms with van der Waals surface area (Å²) in [5.41, 5.74) is 2.43. The highest BCUT2D eigenvalue weighted by molar-refractivity contribution is 14.1. The van der Waals surface area contributed by atoms with Crippen LogP contribution in [-0.2, 0) is 8.34 Å². The van der Waals surface area contributed by atoms with Gasteiger partial charge in [-0.2, -0.15) is 0 Å². The van der Waals surface area contributed by atoms with Crippen molar-refractivity contribution in [2.75, 3.05) is 13.1 Å². The molecule has 0 aliphatic carbocycles. The molecule has 1 heterocycles. The molecule has 1 saturated heterocycles. The van der Waals surface area contributed by atoms with Crippen molar-refractivity contribution in [1.82, 2.24) is 4.90 Å². The Kier molecular flexibility index (Phi) is 3.41. The van der Waals surface area contributed by atoms with Crippen molar-refractivity contribution in [3.05, 3.63) is 71.8 Å². The molecule has 19 heavy (non-hydrogen) atoms. The number of nitrogens with zero attached hydrogens (tertiary/aromatic N) is 1. The Hall–Kier alpha value is -1.20. The number of halogens is 1. The van der Waals surface area contributed by atoms with E-state index >= 15 is 0 Å². The summed E-state index contributed by atoms with van der Waals surface area (Å²) in [5.74, 6) is 0.313. The Bertz CT molecular complexity index is 535. The molecule has 0 unspecified atom stereocenters. The molecule has 0 N–H and O–H groups in total. The van der Waals surface area contributed by atoms with Crippen LogP contribution in [-0.4, -0.2) is 23.8 Å². The maximum absolute atomic E-state index is 11.4. The molecule has 1 aliphatic heterocycles. The maximum atomic E-state index is 11.4. The fourth-order valence-corrected chi connectivity index (χ4v) is 3.51. The molecule has 0 radical (unpaired) electrons. The van der Waals surface area contributed by atoms with Gasteiger partial charge in [0.15, 0.2) is 5.78 Å². The molecule has 0 spiro atoms. The average Bonchev–Trinajstić information content (AvgIpc) is 2.45. The molecule has 2 aromatic rings. The minimum absolute atomic E-state index is 0.256. The predicted molar refractivity (Wildman–Crippen MR) is 84.3 cm³/mol. The molecule has 0 saturated carbocycles. The summed E-state index contributed by atoms with van der Waals surface area (Å²) in [7, 11) is 0. The quantitative estimate of drug-likeness (QED) is 0.474. The fourth-order valence-electron chi connectivity index (χ4n) is 2.45. The SMILES string of the molecule is O=C1CN(C(I)(c2ccccc2)c2ccccc2)C1. The zero-order valence-electron chi connectivity index (χ0n) is 10.4. The van der Waals surface area contributed by atoms with Gasteiger partial charge >= 0.3 is 0 Å². The second kappa shape index (κ2) is 5.06. The number of carbonyl (C=O) groups is 1. The molecule has 2 aromatic carbocycles. The number of hydrogen-bond acceptors (Lipinski definition) is 2. The van der Waals surface area contributed by atoms with Crippen molar-refractivity contribution in [1.29, 1.82) is 0 Å². The van der Waals surface area contributed by atoms with Gasteiger partial charge in [0.1, 0.15) is 3.55 Å². The minimum atomic E-state index is -0.256. The van der Waals surface area contributed by atoms with Gasteiger partial charge in [0.05, 0.1) is 13.1 Å². The Morgan fingerprint density at radius 1 is 0.842 bits per heavy atom. The summed E-state index contributed by atoms with van der Waals surface area (Å²) < 4.78 is -0.256. The number of Topliss-reactive ketones (excluding diaryl/α,β-unsaturated/α-hetero) is 1. The Morgan fingerprint density at radius 2 is 1.26 bits per heavy atom. The third kappa shape index (κ3) is 2.21. The fraction of sp³-hybridized carbons (Fsp3) is 0.188. The van der Waals surface area contributed by atoms with E-state index in [0.717, 1.165) is 0 Å². The molecule has 0 amide bonds. The monoisotopic (exact) mass is 363 g/mol. The molecule has 1 fully saturated rings. The molecule has 0 bridgehead atoms. The van der Waals surface area contributed by atoms with Crippen LogP contribution in [0, 0.1) is 0 Å². The van der Waals surface area contributed by atoms with Crippen LogP contribution in [0.4, 0.5) is 0 Å². The number of likely N-dealkylation sites (tertiary alicyclic amines) is 1. The average molecular weight is 363 g/mol. The highest BCUT2D eigenvalue weighted by atomic mass is 127. The highest BCUT2D eigenvalue weighted by Gasteiger charge is 2.43. The summed E-state index contributed by atoms with van der Waals surface area (Å²) in [6.07, 6.45) is 0. The van der Waals surface area contributed by atoms with Gasteiger partial charge in [0.2, 0.25) is 0 Å². The minimum Gasteiger partial charge on any atom is -0.297 e. The van der Waals surface area contributed by atoms with Crippen LogP contribution in [0.15, 0.2) is 60.7 Å². The first-order chi connectivity index (χ1) is 9.21. The summed E-state index contributed by atoms with van der Waals surface area (Å²) in [6.45, 7) is 1.07. The van der Waals surface area contributed by atoms with E-state index in [9.17, 15) is 4.79 Å². The lowest BCUT2D eigenvalue weighted by Gasteiger charge is -2.44. The van der Waals surface area contributed by atoms with Gasteiger partial charge in [-0.15, -0.1) is 0 Å². The Morgan fingerprint density at radius 3 is 1.63 bits per heavy atom. The molecule has 0 aromatic heterocycles. The van der Waals surface area contributed by atoms with Gasteiger partial charge in [0.25, 0.3) is 0 Å². The second-order valence-electron chi connectivity index (χ2n) is 4.75. The Labute approximate surface area is 126 Å². The van der Waals surface area contributed by atoms with E-state index in [4.69, 9.17) is 0 Å². The summed E-state index contributed by atoms with van der Waals surface area (Å²) in [5, 5.41) is 0. The first kappa shape index (κ1) is 12.8. The molecule has 3 rings (SSSR count). The zero-order valence-corrected chi connectivity index (χ0v) is 12.6. The van der Waals surface area contributed by atoms with Crippen LogP contribution < -0.4 is 0 Å². The van der Waals surface area contributed by atoms with E-state index in [1.807, 2.05) is 36.4 Å². The van der Waals surface area contributed by atoms with Crippen molar-refractivity contribution >= 4 is 28.4 Å². The first-order valence-corrected chi connectivity index (χ1v) is 7.36. The normalized spacial score (nSPS) is 16.2. The van der Waals surface area contributed by atoms with Gasteiger partial charge in [-0.3, -0.25) is 9.69 Å². The van der Waals surface area contributed by atoms with Crippen LogP contribution in [0.5, 0.6) is 0 Å². The van der Waals surface area contributed by atoms with Crippen LogP contribution >= 0.6 is 22.6 Å². The lowest BCUT2D eigenvalue weighted by molar-refractivity contribution is -0.130. The second-order valence-corrected chi connectivity index (χ2v) is 6.31. The third-order valence-corrected chi connectivity index (χ3v) is 5.41. The lowest BCUT2D eigenvalue weighted by atomic mass is 9.94. The van der Waals surface area contributed by atoms with Crippen LogP contribution in [0.25, 0.3) is 0 Å². The largest absolute Gasteiger partial charge is 0.297 e. The van der Waals surface area contributed by atoms with Gasteiger partial charge < -0.3 is 0 Å². The highest BCUT2D eigenvalue weighted by Crippen LogP contribution is 2.43. The van der Waals surface area contributed by atoms with Gasteiger partial charge in [-0.1, -0.05) is 83.3 Å². The number of benzene rings is 2. The summed E-state index contributed by atoms with van der Waals surface area (Å²) >= 11 is 2.47. The number of alkyl halides is 1. The maximum Gasteiger partial charge on any atom is 0.160 e. The van der Waals surface area contributed by atoms with Crippen molar-refractivity contribution in [3.63, 3.8) is 0 Å². The van der Waals surface area contributed by atoms with Crippen molar-refractivity contribution in [2.24, 2.45) is 0 Å². The third-order valence-electron chi connectivity index (χ3n) is 3.48. The van der Waals surface area contributed by atoms with Crippen LogP contribution in [0.1, 0.15) is 11.1 Å². The van der Waals surface area contributed by atoms with E-state index in [0.29, 0.717) is 18.9 Å². The van der Waals surface area contributed by atoms with E-state index in [1.54, 1.807) is 0 Å². The molecule has 3 heteroatoms. The Balaban J connectivity index is 2.08. The van der Waals surface area contributed by atoms with Gasteiger partial charge in [-0.25, -0.2) is 0 Å². The summed E-state index contributed by atoms with van der Waals surface area (Å²) in [6, 6.07) is 20.7. The number of hydrogen-bond donors (Lipinski definition) is 0. The van der Waals surface area contributed by atoms with Crippen molar-refractivity contribution in [3.8, 4) is 0 Å². The molecule has 96 valence electrons. The topological polar surface area (TPSA) is 20.3 Å². The summed E-state index contributed by atoms with van der Waals surface area (Å²) in [4.78, 5) is 13.6. The van der Waals surface area contributed by atoms with E-state index < -0.39 is 0 Å². The molecule has 0 atom stereocenters. The lowest BCUT2D eigenvalue weighted by Crippen LogP contribution is -2.56. The zero-order chi connectivity index (χ0) is 13.3. The predicted octanol–water partition coefficient (Wildman–Crippen LogP) is 3.21. The van der Waals surface area contributed by atoms with E-state index in [1.165, 1.54) is 11.1 Å².